The minimum atomic E-state index is -0.231. The highest BCUT2D eigenvalue weighted by molar-refractivity contribution is 7.99. The molecule has 1 aliphatic rings. The number of allylic oxidation sites excluding steroid dienone is 2. The Balaban J connectivity index is 1.45. The first-order valence-electron chi connectivity index (χ1n) is 12.1. The zero-order valence-electron chi connectivity index (χ0n) is 21.3. The Labute approximate surface area is 216 Å². The molecule has 0 fully saturated rings. The van der Waals surface area contributed by atoms with Gasteiger partial charge in [0.05, 0.1) is 11.4 Å². The second kappa shape index (κ2) is 9.43. The van der Waals surface area contributed by atoms with Crippen LogP contribution in [0.2, 0.25) is 0 Å². The van der Waals surface area contributed by atoms with Crippen LogP contribution in [0.15, 0.2) is 89.7 Å². The van der Waals surface area contributed by atoms with Gasteiger partial charge in [0.2, 0.25) is 0 Å². The molecule has 6 heteroatoms. The van der Waals surface area contributed by atoms with E-state index in [1.54, 1.807) is 6.08 Å². The van der Waals surface area contributed by atoms with E-state index >= 15 is 0 Å². The lowest BCUT2D eigenvalue weighted by Crippen LogP contribution is -2.24. The van der Waals surface area contributed by atoms with Crippen LogP contribution in [0.3, 0.4) is 0 Å². The molecule has 4 aromatic rings. The summed E-state index contributed by atoms with van der Waals surface area (Å²) in [5.41, 5.74) is 7.56. The van der Waals surface area contributed by atoms with Gasteiger partial charge < -0.3 is 4.90 Å². The van der Waals surface area contributed by atoms with E-state index in [0.29, 0.717) is 5.16 Å². The van der Waals surface area contributed by atoms with E-state index in [4.69, 9.17) is 0 Å². The normalized spacial score (nSPS) is 15.4. The molecular formula is C30H30N4OS. The predicted molar refractivity (Wildman–Crippen MR) is 148 cm³/mol. The molecule has 36 heavy (non-hydrogen) atoms. The van der Waals surface area contributed by atoms with Crippen molar-refractivity contribution < 1.29 is 4.79 Å². The van der Waals surface area contributed by atoms with E-state index in [0.717, 1.165) is 28.5 Å². The first kappa shape index (κ1) is 24.1. The Bertz CT molecular complexity index is 1470. The van der Waals surface area contributed by atoms with Gasteiger partial charge in [-0.1, -0.05) is 80.2 Å². The van der Waals surface area contributed by atoms with Crippen molar-refractivity contribution in [1.29, 1.82) is 0 Å². The molecule has 0 bridgehead atoms. The van der Waals surface area contributed by atoms with Gasteiger partial charge in [-0.2, -0.15) is 0 Å². The van der Waals surface area contributed by atoms with Crippen LogP contribution in [0.1, 0.15) is 30.5 Å². The molecule has 0 saturated carbocycles. The third-order valence-electron chi connectivity index (χ3n) is 7.00. The average molecular weight is 495 g/mol. The number of benzene rings is 3. The summed E-state index contributed by atoms with van der Waals surface area (Å²) in [6, 6.07) is 24.7. The second-order valence-corrected chi connectivity index (χ2v) is 10.7. The summed E-state index contributed by atoms with van der Waals surface area (Å²) in [5, 5.41) is 9.71. The SMILES string of the molecule is Cc1ccc(-n2c(SCC(=O)C=C3N(C)c4ccccc4C3(C)C)nnc2-c2ccccc2)cc1C. The van der Waals surface area contributed by atoms with Gasteiger partial charge in [-0.25, -0.2) is 0 Å². The number of fused-ring (bicyclic) bond motifs is 1. The van der Waals surface area contributed by atoms with Gasteiger partial charge in [0.15, 0.2) is 16.8 Å². The fraction of sp³-hybridized carbons (Fsp3) is 0.233. The van der Waals surface area contributed by atoms with E-state index in [9.17, 15) is 4.79 Å². The lowest BCUT2D eigenvalue weighted by atomic mass is 9.83. The molecule has 5 nitrogen and oxygen atoms in total. The number of rotatable bonds is 6. The highest BCUT2D eigenvalue weighted by Crippen LogP contribution is 2.46. The average Bonchev–Trinajstić information content (AvgIpc) is 3.38. The molecular weight excluding hydrogens is 464 g/mol. The van der Waals surface area contributed by atoms with E-state index in [1.807, 2.05) is 48.0 Å². The third kappa shape index (κ3) is 4.26. The topological polar surface area (TPSA) is 51.0 Å². The predicted octanol–water partition coefficient (Wildman–Crippen LogP) is 6.52. The van der Waals surface area contributed by atoms with Gasteiger partial charge in [-0.15, -0.1) is 10.2 Å². The summed E-state index contributed by atoms with van der Waals surface area (Å²) in [6.07, 6.45) is 1.79. The van der Waals surface area contributed by atoms with Crippen LogP contribution < -0.4 is 4.90 Å². The molecule has 0 unspecified atom stereocenters. The lowest BCUT2D eigenvalue weighted by molar-refractivity contribution is -0.112. The monoisotopic (exact) mass is 494 g/mol. The Kier molecular flexibility index (Phi) is 6.31. The number of aromatic nitrogens is 3. The molecule has 0 aliphatic carbocycles. The number of carbonyl (C=O) groups excluding carboxylic acids is 1. The Morgan fingerprint density at radius 2 is 1.67 bits per heavy atom. The number of anilines is 1. The van der Waals surface area contributed by atoms with Gasteiger partial charge in [-0.3, -0.25) is 9.36 Å². The Morgan fingerprint density at radius 1 is 0.944 bits per heavy atom. The molecule has 182 valence electrons. The highest BCUT2D eigenvalue weighted by atomic mass is 32.2. The number of thioether (sulfide) groups is 1. The van der Waals surface area contributed by atoms with Crippen molar-refractivity contribution in [3.8, 4) is 17.1 Å². The van der Waals surface area contributed by atoms with E-state index < -0.39 is 0 Å². The first-order chi connectivity index (χ1) is 17.3. The van der Waals surface area contributed by atoms with Crippen molar-refractivity contribution in [2.75, 3.05) is 17.7 Å². The third-order valence-corrected chi connectivity index (χ3v) is 7.95. The van der Waals surface area contributed by atoms with E-state index in [-0.39, 0.29) is 17.0 Å². The van der Waals surface area contributed by atoms with Crippen LogP contribution in [0, 0.1) is 13.8 Å². The number of hydrogen-bond acceptors (Lipinski definition) is 5. The van der Waals surface area contributed by atoms with Crippen LogP contribution in [-0.2, 0) is 10.2 Å². The lowest BCUT2D eigenvalue weighted by Gasteiger charge is -2.23. The van der Waals surface area contributed by atoms with E-state index in [1.165, 1.54) is 28.5 Å². The molecule has 0 radical (unpaired) electrons. The maximum atomic E-state index is 13.2. The summed E-state index contributed by atoms with van der Waals surface area (Å²) in [7, 11) is 2.03. The van der Waals surface area contributed by atoms with Gasteiger partial charge in [-0.05, 0) is 48.7 Å². The fourth-order valence-electron chi connectivity index (χ4n) is 4.82. The minimum Gasteiger partial charge on any atom is -0.347 e. The number of aryl methyl sites for hydroxylation is 2. The number of ketones is 1. The molecule has 1 aromatic heterocycles. The molecule has 2 heterocycles. The van der Waals surface area contributed by atoms with Crippen LogP contribution in [-0.4, -0.2) is 33.3 Å². The van der Waals surface area contributed by atoms with Crippen LogP contribution in [0.25, 0.3) is 17.1 Å². The molecule has 1 aliphatic heterocycles. The molecule has 0 N–H and O–H groups in total. The Hall–Kier alpha value is -3.64. The summed E-state index contributed by atoms with van der Waals surface area (Å²) < 4.78 is 2.05. The zero-order chi connectivity index (χ0) is 25.4. The number of likely N-dealkylation sites (N-methyl/N-ethyl adjacent to an activating group) is 1. The van der Waals surface area contributed by atoms with Crippen molar-refractivity contribution >= 4 is 23.2 Å². The van der Waals surface area contributed by atoms with E-state index in [2.05, 4.69) is 79.2 Å². The van der Waals surface area contributed by atoms with Gasteiger partial charge in [0.1, 0.15) is 0 Å². The molecule has 0 spiro atoms. The van der Waals surface area contributed by atoms with Crippen LogP contribution in [0.4, 0.5) is 5.69 Å². The van der Waals surface area contributed by atoms with Gasteiger partial charge in [0.25, 0.3) is 0 Å². The molecule has 5 rings (SSSR count). The number of para-hydroxylation sites is 1. The number of nitrogens with zero attached hydrogens (tertiary/aromatic N) is 4. The molecule has 3 aromatic carbocycles. The van der Waals surface area contributed by atoms with Gasteiger partial charge >= 0.3 is 0 Å². The first-order valence-corrected chi connectivity index (χ1v) is 13.1. The van der Waals surface area contributed by atoms with Crippen molar-refractivity contribution in [2.24, 2.45) is 0 Å². The highest BCUT2D eigenvalue weighted by Gasteiger charge is 2.38. The largest absolute Gasteiger partial charge is 0.347 e. The zero-order valence-corrected chi connectivity index (χ0v) is 22.1. The van der Waals surface area contributed by atoms with Crippen molar-refractivity contribution in [3.05, 3.63) is 101 Å². The van der Waals surface area contributed by atoms with Crippen molar-refractivity contribution in [1.82, 2.24) is 14.8 Å². The number of carbonyl (C=O) groups is 1. The molecule has 0 atom stereocenters. The van der Waals surface area contributed by atoms with Crippen LogP contribution in [0.5, 0.6) is 0 Å². The van der Waals surface area contributed by atoms with Crippen molar-refractivity contribution in [3.63, 3.8) is 0 Å². The summed E-state index contributed by atoms with van der Waals surface area (Å²) in [4.78, 5) is 15.3. The fourth-order valence-corrected chi connectivity index (χ4v) is 5.60. The van der Waals surface area contributed by atoms with Gasteiger partial charge in [0, 0.05) is 35.5 Å². The van der Waals surface area contributed by atoms with Crippen LogP contribution >= 0.6 is 11.8 Å². The second-order valence-electron chi connectivity index (χ2n) is 9.76. The Morgan fingerprint density at radius 3 is 2.39 bits per heavy atom. The maximum absolute atomic E-state index is 13.2. The smallest absolute Gasteiger partial charge is 0.196 e. The molecule has 0 saturated heterocycles. The number of hydrogen-bond donors (Lipinski definition) is 0. The summed E-state index contributed by atoms with van der Waals surface area (Å²) in [6.45, 7) is 8.55. The maximum Gasteiger partial charge on any atom is 0.196 e. The molecule has 0 amide bonds. The quantitative estimate of drug-likeness (QED) is 0.225. The standard InChI is InChI=1S/C30H30N4OS/c1-20-15-16-23(17-21(20)2)34-28(22-11-7-6-8-12-22)31-32-29(34)36-19-24(35)18-27-30(3,4)25-13-9-10-14-26(25)33(27)5/h6-18H,19H2,1-5H3. The minimum absolute atomic E-state index is 0.0543. The summed E-state index contributed by atoms with van der Waals surface area (Å²) >= 11 is 1.42. The van der Waals surface area contributed by atoms with Crippen molar-refractivity contribution in [2.45, 2.75) is 38.3 Å². The summed E-state index contributed by atoms with van der Waals surface area (Å²) in [5.74, 6) is 1.10.